The molecule has 2 aromatic rings. The normalized spacial score (nSPS) is 20.0. The van der Waals surface area contributed by atoms with Gasteiger partial charge in [0.25, 0.3) is 0 Å². The summed E-state index contributed by atoms with van der Waals surface area (Å²) >= 11 is 7.34. The van der Waals surface area contributed by atoms with E-state index >= 15 is 0 Å². The molecule has 1 unspecified atom stereocenters. The van der Waals surface area contributed by atoms with Crippen LogP contribution >= 0.6 is 22.9 Å². The Morgan fingerprint density at radius 3 is 2.72 bits per heavy atom. The van der Waals surface area contributed by atoms with Gasteiger partial charge in [0.1, 0.15) is 0 Å². The smallest absolute Gasteiger partial charge is 0.228 e. The molecule has 0 saturated carbocycles. The Bertz CT molecular complexity index is 872. The SMILES string of the molecule is O=C(NCc1ccc(Cl)cc1)C1CCCN(c2nnc(N3CCCCC3=O)s2)C1. The van der Waals surface area contributed by atoms with Gasteiger partial charge in [0, 0.05) is 37.6 Å². The number of aromatic nitrogens is 2. The molecule has 0 bridgehead atoms. The average molecular weight is 434 g/mol. The molecule has 0 aliphatic carbocycles. The van der Waals surface area contributed by atoms with Crippen LogP contribution in [0.4, 0.5) is 10.3 Å². The summed E-state index contributed by atoms with van der Waals surface area (Å²) in [5.41, 5.74) is 1.02. The highest BCUT2D eigenvalue weighted by atomic mass is 35.5. The summed E-state index contributed by atoms with van der Waals surface area (Å²) in [6.07, 6.45) is 4.31. The van der Waals surface area contributed by atoms with Crippen LogP contribution in [0.3, 0.4) is 0 Å². The third kappa shape index (κ3) is 4.87. The van der Waals surface area contributed by atoms with E-state index in [1.54, 1.807) is 4.90 Å². The molecular weight excluding hydrogens is 410 g/mol. The van der Waals surface area contributed by atoms with E-state index in [1.165, 1.54) is 11.3 Å². The Labute approximate surface area is 179 Å². The molecule has 2 saturated heterocycles. The van der Waals surface area contributed by atoms with Crippen molar-refractivity contribution in [3.8, 4) is 0 Å². The van der Waals surface area contributed by atoms with Gasteiger partial charge in [-0.15, -0.1) is 10.2 Å². The largest absolute Gasteiger partial charge is 0.352 e. The van der Waals surface area contributed by atoms with Gasteiger partial charge in [-0.3, -0.25) is 14.5 Å². The fourth-order valence-corrected chi connectivity index (χ4v) is 4.80. The summed E-state index contributed by atoms with van der Waals surface area (Å²) in [6, 6.07) is 7.48. The quantitative estimate of drug-likeness (QED) is 0.783. The molecule has 2 aliphatic rings. The number of carbonyl (C=O) groups excluding carboxylic acids is 2. The molecule has 29 heavy (non-hydrogen) atoms. The molecular formula is C20H24ClN5O2S. The zero-order chi connectivity index (χ0) is 20.2. The van der Waals surface area contributed by atoms with E-state index in [9.17, 15) is 9.59 Å². The van der Waals surface area contributed by atoms with Crippen LogP contribution in [-0.4, -0.2) is 41.6 Å². The number of hydrogen-bond donors (Lipinski definition) is 1. The van der Waals surface area contributed by atoms with Crippen molar-refractivity contribution < 1.29 is 9.59 Å². The van der Waals surface area contributed by atoms with Gasteiger partial charge in [-0.05, 0) is 43.4 Å². The van der Waals surface area contributed by atoms with Crippen molar-refractivity contribution in [2.45, 2.75) is 38.6 Å². The number of piperidine rings is 2. The number of halogens is 1. The standard InChI is InChI=1S/C20H24ClN5O2S/c21-16-8-6-14(7-9-16)12-22-18(28)15-4-3-10-25(13-15)19-23-24-20(29-19)26-11-2-1-5-17(26)27/h6-9,15H,1-5,10-13H2,(H,22,28). The second-order valence-corrected chi connectivity index (χ2v) is 8.87. The van der Waals surface area contributed by atoms with Gasteiger partial charge in [-0.2, -0.15) is 0 Å². The number of nitrogens with zero attached hydrogens (tertiary/aromatic N) is 4. The lowest BCUT2D eigenvalue weighted by molar-refractivity contribution is -0.125. The Hall–Kier alpha value is -2.19. The highest BCUT2D eigenvalue weighted by molar-refractivity contribution is 7.19. The van der Waals surface area contributed by atoms with E-state index in [1.807, 2.05) is 24.3 Å². The minimum atomic E-state index is -0.0833. The van der Waals surface area contributed by atoms with Crippen LogP contribution in [0.5, 0.6) is 0 Å². The van der Waals surface area contributed by atoms with Crippen LogP contribution < -0.4 is 15.1 Å². The Morgan fingerprint density at radius 1 is 1.14 bits per heavy atom. The average Bonchev–Trinajstić information content (AvgIpc) is 3.23. The minimum absolute atomic E-state index is 0.0561. The Balaban J connectivity index is 1.35. The van der Waals surface area contributed by atoms with E-state index in [4.69, 9.17) is 11.6 Å². The first-order valence-electron chi connectivity index (χ1n) is 10.0. The summed E-state index contributed by atoms with van der Waals surface area (Å²) in [6.45, 7) is 2.67. The monoisotopic (exact) mass is 433 g/mol. The van der Waals surface area contributed by atoms with Gasteiger partial charge in [-0.25, -0.2) is 0 Å². The van der Waals surface area contributed by atoms with Gasteiger partial charge in [0.05, 0.1) is 5.92 Å². The number of carbonyl (C=O) groups is 2. The third-order valence-corrected chi connectivity index (χ3v) is 6.66. The minimum Gasteiger partial charge on any atom is -0.352 e. The number of hydrogen-bond acceptors (Lipinski definition) is 6. The fourth-order valence-electron chi connectivity index (χ4n) is 3.75. The van der Waals surface area contributed by atoms with E-state index in [0.717, 1.165) is 42.9 Å². The Kier molecular flexibility index (Phi) is 6.30. The summed E-state index contributed by atoms with van der Waals surface area (Å²) in [7, 11) is 0. The predicted molar refractivity (Wildman–Crippen MR) is 114 cm³/mol. The topological polar surface area (TPSA) is 78.4 Å². The van der Waals surface area contributed by atoms with Crippen molar-refractivity contribution >= 4 is 45.0 Å². The molecule has 9 heteroatoms. The lowest BCUT2D eigenvalue weighted by Gasteiger charge is -2.31. The molecule has 1 N–H and O–H groups in total. The molecule has 1 atom stereocenters. The van der Waals surface area contributed by atoms with Crippen LogP contribution in [0.1, 0.15) is 37.7 Å². The molecule has 2 amide bonds. The van der Waals surface area contributed by atoms with Crippen LogP contribution in [-0.2, 0) is 16.1 Å². The van der Waals surface area contributed by atoms with Crippen molar-refractivity contribution in [1.82, 2.24) is 15.5 Å². The zero-order valence-corrected chi connectivity index (χ0v) is 17.7. The summed E-state index contributed by atoms with van der Waals surface area (Å²) in [5, 5.41) is 13.7. The van der Waals surface area contributed by atoms with Crippen LogP contribution in [0.2, 0.25) is 5.02 Å². The number of benzene rings is 1. The molecule has 154 valence electrons. The first-order chi connectivity index (χ1) is 14.1. The first kappa shape index (κ1) is 20.1. The second-order valence-electron chi connectivity index (χ2n) is 7.50. The molecule has 1 aromatic carbocycles. The van der Waals surface area contributed by atoms with Crippen molar-refractivity contribution in [2.75, 3.05) is 29.4 Å². The van der Waals surface area contributed by atoms with Crippen LogP contribution in [0, 0.1) is 5.92 Å². The number of anilines is 2. The van der Waals surface area contributed by atoms with Crippen LogP contribution in [0.15, 0.2) is 24.3 Å². The molecule has 2 aliphatic heterocycles. The molecule has 1 aromatic heterocycles. The second kappa shape index (κ2) is 9.09. The van der Waals surface area contributed by atoms with E-state index < -0.39 is 0 Å². The van der Waals surface area contributed by atoms with Gasteiger partial charge in [0.15, 0.2) is 0 Å². The molecule has 4 rings (SSSR count). The molecule has 2 fully saturated rings. The Morgan fingerprint density at radius 2 is 1.93 bits per heavy atom. The van der Waals surface area contributed by atoms with E-state index in [0.29, 0.717) is 36.2 Å². The van der Waals surface area contributed by atoms with Crippen LogP contribution in [0.25, 0.3) is 0 Å². The van der Waals surface area contributed by atoms with Gasteiger partial charge >= 0.3 is 0 Å². The lowest BCUT2D eigenvalue weighted by Crippen LogP contribution is -2.43. The zero-order valence-electron chi connectivity index (χ0n) is 16.1. The first-order valence-corrected chi connectivity index (χ1v) is 11.2. The third-order valence-electron chi connectivity index (χ3n) is 5.40. The van der Waals surface area contributed by atoms with Gasteiger partial charge in [-0.1, -0.05) is 35.1 Å². The van der Waals surface area contributed by atoms with Gasteiger partial charge < -0.3 is 10.2 Å². The number of amides is 2. The highest BCUT2D eigenvalue weighted by Gasteiger charge is 2.29. The van der Waals surface area contributed by atoms with Gasteiger partial charge in [0.2, 0.25) is 22.1 Å². The van der Waals surface area contributed by atoms with Crippen molar-refractivity contribution in [3.63, 3.8) is 0 Å². The lowest BCUT2D eigenvalue weighted by atomic mass is 9.97. The maximum absolute atomic E-state index is 12.7. The fraction of sp³-hybridized carbons (Fsp3) is 0.500. The highest BCUT2D eigenvalue weighted by Crippen LogP contribution is 2.32. The summed E-state index contributed by atoms with van der Waals surface area (Å²) < 4.78 is 0. The summed E-state index contributed by atoms with van der Waals surface area (Å²) in [5.74, 6) is 0.0951. The predicted octanol–water partition coefficient (Wildman–Crippen LogP) is 3.24. The molecule has 0 spiro atoms. The van der Waals surface area contributed by atoms with Crippen molar-refractivity contribution in [2.24, 2.45) is 5.92 Å². The van der Waals surface area contributed by atoms with Crippen molar-refractivity contribution in [1.29, 1.82) is 0 Å². The maximum atomic E-state index is 12.7. The maximum Gasteiger partial charge on any atom is 0.228 e. The van der Waals surface area contributed by atoms with Crippen molar-refractivity contribution in [3.05, 3.63) is 34.9 Å². The summed E-state index contributed by atoms with van der Waals surface area (Å²) in [4.78, 5) is 28.6. The molecule has 0 radical (unpaired) electrons. The molecule has 3 heterocycles. The number of nitrogens with one attached hydrogen (secondary N) is 1. The van der Waals surface area contributed by atoms with E-state index in [2.05, 4.69) is 20.4 Å². The molecule has 7 nitrogen and oxygen atoms in total. The number of rotatable bonds is 5. The van der Waals surface area contributed by atoms with E-state index in [-0.39, 0.29) is 17.7 Å².